The van der Waals surface area contributed by atoms with Crippen molar-refractivity contribution in [2.24, 2.45) is 0 Å². The van der Waals surface area contributed by atoms with Gasteiger partial charge in [-0.05, 0) is 48.9 Å². The second kappa shape index (κ2) is 8.33. The Morgan fingerprint density at radius 3 is 2.63 bits per heavy atom. The minimum absolute atomic E-state index is 0.282. The van der Waals surface area contributed by atoms with E-state index >= 15 is 0 Å². The largest absolute Gasteiger partial charge is 0.348 e. The Hall–Kier alpha value is -2.70. The third kappa shape index (κ3) is 4.72. The van der Waals surface area contributed by atoms with Gasteiger partial charge in [0.25, 0.3) is 0 Å². The maximum atomic E-state index is 13.1. The molecule has 1 aromatic carbocycles. The molecule has 0 unspecified atom stereocenters. The fraction of sp³-hybridized carbons (Fsp3) is 0.105. The summed E-state index contributed by atoms with van der Waals surface area (Å²) in [5.41, 5.74) is 2.72. The quantitative estimate of drug-likeness (QED) is 0.507. The van der Waals surface area contributed by atoms with Crippen LogP contribution in [0.25, 0.3) is 11.8 Å². The molecular formula is C19H15Cl2FN4O. The monoisotopic (exact) mass is 404 g/mol. The molecule has 0 fully saturated rings. The van der Waals surface area contributed by atoms with Gasteiger partial charge in [0.2, 0.25) is 5.91 Å². The van der Waals surface area contributed by atoms with Crippen LogP contribution in [-0.2, 0) is 11.3 Å². The molecule has 0 aliphatic heterocycles. The second-order valence-electron chi connectivity index (χ2n) is 5.72. The molecule has 0 saturated heterocycles. The Morgan fingerprint density at radius 2 is 1.96 bits per heavy atom. The van der Waals surface area contributed by atoms with Crippen molar-refractivity contribution in [3.63, 3.8) is 0 Å². The maximum Gasteiger partial charge on any atom is 0.244 e. The van der Waals surface area contributed by atoms with Gasteiger partial charge >= 0.3 is 0 Å². The minimum atomic E-state index is -0.341. The van der Waals surface area contributed by atoms with Crippen molar-refractivity contribution in [1.82, 2.24) is 20.1 Å². The summed E-state index contributed by atoms with van der Waals surface area (Å²) < 4.78 is 14.6. The number of amides is 1. The summed E-state index contributed by atoms with van der Waals surface area (Å²) in [5.74, 6) is -0.624. The number of rotatable bonds is 5. The number of hydrogen-bond acceptors (Lipinski definition) is 3. The summed E-state index contributed by atoms with van der Waals surface area (Å²) in [6, 6.07) is 9.26. The fourth-order valence-electron chi connectivity index (χ4n) is 2.37. The zero-order chi connectivity index (χ0) is 19.4. The average molecular weight is 405 g/mol. The van der Waals surface area contributed by atoms with Crippen LogP contribution in [0.15, 0.2) is 48.7 Å². The lowest BCUT2D eigenvalue weighted by Crippen LogP contribution is -2.20. The van der Waals surface area contributed by atoms with Crippen LogP contribution in [0, 0.1) is 12.7 Å². The van der Waals surface area contributed by atoms with E-state index in [1.807, 2.05) is 0 Å². The topological polar surface area (TPSA) is 59.8 Å². The van der Waals surface area contributed by atoms with E-state index in [-0.39, 0.29) is 11.7 Å². The highest BCUT2D eigenvalue weighted by atomic mass is 35.5. The van der Waals surface area contributed by atoms with Gasteiger partial charge in [-0.15, -0.1) is 0 Å². The van der Waals surface area contributed by atoms with Crippen LogP contribution >= 0.6 is 23.2 Å². The first-order chi connectivity index (χ1) is 12.9. The molecule has 8 heteroatoms. The van der Waals surface area contributed by atoms with E-state index in [4.69, 9.17) is 23.2 Å². The highest BCUT2D eigenvalue weighted by Gasteiger charge is 2.13. The van der Waals surface area contributed by atoms with Crippen molar-refractivity contribution >= 4 is 35.2 Å². The van der Waals surface area contributed by atoms with Crippen LogP contribution < -0.4 is 5.32 Å². The van der Waals surface area contributed by atoms with Gasteiger partial charge in [0.15, 0.2) is 0 Å². The van der Waals surface area contributed by atoms with Gasteiger partial charge in [0, 0.05) is 24.4 Å². The molecule has 138 valence electrons. The predicted octanol–water partition coefficient (Wildman–Crippen LogP) is 4.35. The van der Waals surface area contributed by atoms with Gasteiger partial charge in [-0.1, -0.05) is 29.3 Å². The molecule has 1 N–H and O–H groups in total. The lowest BCUT2D eigenvalue weighted by molar-refractivity contribution is -0.116. The van der Waals surface area contributed by atoms with Crippen LogP contribution in [0.2, 0.25) is 10.3 Å². The van der Waals surface area contributed by atoms with E-state index in [1.54, 1.807) is 43.5 Å². The lowest BCUT2D eigenvalue weighted by atomic mass is 10.2. The van der Waals surface area contributed by atoms with Gasteiger partial charge in [0.1, 0.15) is 16.1 Å². The summed E-state index contributed by atoms with van der Waals surface area (Å²) in [7, 11) is 0. The Morgan fingerprint density at radius 1 is 1.22 bits per heavy atom. The summed E-state index contributed by atoms with van der Waals surface area (Å²) in [6.45, 7) is 2.11. The molecular weight excluding hydrogens is 390 g/mol. The molecule has 27 heavy (non-hydrogen) atoms. The first-order valence-electron chi connectivity index (χ1n) is 8.01. The zero-order valence-electron chi connectivity index (χ0n) is 14.3. The van der Waals surface area contributed by atoms with Crippen LogP contribution in [0.1, 0.15) is 16.8 Å². The van der Waals surface area contributed by atoms with Gasteiger partial charge in [-0.2, -0.15) is 5.10 Å². The van der Waals surface area contributed by atoms with Crippen molar-refractivity contribution < 1.29 is 9.18 Å². The van der Waals surface area contributed by atoms with Crippen molar-refractivity contribution in [3.05, 3.63) is 81.6 Å². The van der Waals surface area contributed by atoms with E-state index in [0.717, 1.165) is 5.56 Å². The fourth-order valence-corrected chi connectivity index (χ4v) is 2.82. The van der Waals surface area contributed by atoms with Crippen LogP contribution in [-0.4, -0.2) is 20.7 Å². The van der Waals surface area contributed by atoms with Gasteiger partial charge in [-0.25, -0.2) is 14.1 Å². The molecule has 0 atom stereocenters. The minimum Gasteiger partial charge on any atom is -0.348 e. The standard InChI is InChI=1S/C19H15Cl2FN4O/c1-12-16(19(21)26(25-12)15-5-3-14(22)4-6-15)7-9-18(27)24-11-13-2-8-17(20)23-10-13/h2-10H,11H2,1H3,(H,24,27). The number of halogens is 3. The number of benzene rings is 1. The lowest BCUT2D eigenvalue weighted by Gasteiger charge is -2.03. The first kappa shape index (κ1) is 19.1. The zero-order valence-corrected chi connectivity index (χ0v) is 15.8. The Bertz CT molecular complexity index is 982. The summed E-state index contributed by atoms with van der Waals surface area (Å²) in [6.07, 6.45) is 4.58. The normalized spacial score (nSPS) is 11.1. The third-order valence-electron chi connectivity index (χ3n) is 3.78. The molecule has 3 aromatic rings. The number of aromatic nitrogens is 3. The van der Waals surface area contributed by atoms with Crippen molar-refractivity contribution in [2.45, 2.75) is 13.5 Å². The van der Waals surface area contributed by atoms with E-state index in [1.165, 1.54) is 22.9 Å². The van der Waals surface area contributed by atoms with Gasteiger partial charge in [-0.3, -0.25) is 4.79 Å². The molecule has 5 nitrogen and oxygen atoms in total. The second-order valence-corrected chi connectivity index (χ2v) is 6.46. The first-order valence-corrected chi connectivity index (χ1v) is 8.77. The maximum absolute atomic E-state index is 13.1. The third-order valence-corrected chi connectivity index (χ3v) is 4.36. The molecule has 2 heterocycles. The van der Waals surface area contributed by atoms with Crippen molar-refractivity contribution in [1.29, 1.82) is 0 Å². The summed E-state index contributed by atoms with van der Waals surface area (Å²) >= 11 is 12.1. The number of nitrogens with one attached hydrogen (secondary N) is 1. The van der Waals surface area contributed by atoms with Crippen molar-refractivity contribution in [3.8, 4) is 5.69 Å². The van der Waals surface area contributed by atoms with Crippen LogP contribution in [0.3, 0.4) is 0 Å². The molecule has 0 saturated carbocycles. The molecule has 0 aliphatic rings. The van der Waals surface area contributed by atoms with E-state index in [2.05, 4.69) is 15.4 Å². The number of carbonyl (C=O) groups is 1. The van der Waals surface area contributed by atoms with Crippen molar-refractivity contribution in [2.75, 3.05) is 0 Å². The average Bonchev–Trinajstić information content (AvgIpc) is 2.94. The number of carbonyl (C=O) groups excluding carboxylic acids is 1. The molecule has 3 rings (SSSR count). The number of aryl methyl sites for hydroxylation is 1. The molecule has 0 bridgehead atoms. The van der Waals surface area contributed by atoms with Crippen LogP contribution in [0.4, 0.5) is 4.39 Å². The molecule has 1 amide bonds. The molecule has 0 aliphatic carbocycles. The molecule has 2 aromatic heterocycles. The molecule has 0 spiro atoms. The van der Waals surface area contributed by atoms with Gasteiger partial charge in [0.05, 0.1) is 11.4 Å². The van der Waals surface area contributed by atoms with Gasteiger partial charge < -0.3 is 5.32 Å². The predicted molar refractivity (Wildman–Crippen MR) is 103 cm³/mol. The smallest absolute Gasteiger partial charge is 0.244 e. The Labute approximate surface area is 165 Å². The molecule has 0 radical (unpaired) electrons. The highest BCUT2D eigenvalue weighted by molar-refractivity contribution is 6.31. The van der Waals surface area contributed by atoms with E-state index < -0.39 is 0 Å². The summed E-state index contributed by atoms with van der Waals surface area (Å²) in [5, 5.41) is 7.83. The Balaban J connectivity index is 1.70. The highest BCUT2D eigenvalue weighted by Crippen LogP contribution is 2.24. The number of nitrogens with zero attached hydrogens (tertiary/aromatic N) is 3. The Kier molecular flexibility index (Phi) is 5.88. The van der Waals surface area contributed by atoms with E-state index in [0.29, 0.717) is 33.8 Å². The SMILES string of the molecule is Cc1nn(-c2ccc(F)cc2)c(Cl)c1C=CC(=O)NCc1ccc(Cl)nc1. The number of pyridine rings is 1. The van der Waals surface area contributed by atoms with Crippen LogP contribution in [0.5, 0.6) is 0 Å². The summed E-state index contributed by atoms with van der Waals surface area (Å²) in [4.78, 5) is 16.0. The van der Waals surface area contributed by atoms with E-state index in [9.17, 15) is 9.18 Å². The number of hydrogen-bond donors (Lipinski definition) is 1.